The lowest BCUT2D eigenvalue weighted by molar-refractivity contribution is 0.0947. The first kappa shape index (κ1) is 13.7. The van der Waals surface area contributed by atoms with E-state index < -0.39 is 11.7 Å². The highest BCUT2D eigenvalue weighted by Gasteiger charge is 2.14. The van der Waals surface area contributed by atoms with Crippen molar-refractivity contribution in [2.75, 3.05) is 6.54 Å². The van der Waals surface area contributed by atoms with Crippen LogP contribution >= 0.6 is 15.9 Å². The fourth-order valence-corrected chi connectivity index (χ4v) is 2.12. The van der Waals surface area contributed by atoms with Gasteiger partial charge < -0.3 is 5.32 Å². The molecule has 7 heteroatoms. The van der Waals surface area contributed by atoms with Gasteiger partial charge in [-0.05, 0) is 34.5 Å². The van der Waals surface area contributed by atoms with Gasteiger partial charge in [0.25, 0.3) is 5.91 Å². The van der Waals surface area contributed by atoms with Crippen LogP contribution in [0.2, 0.25) is 0 Å². The Labute approximate surface area is 117 Å². The molecule has 0 saturated heterocycles. The molecule has 19 heavy (non-hydrogen) atoms. The maximum Gasteiger partial charge on any atom is 0.255 e. The number of aromatic nitrogens is 3. The molecule has 1 heterocycles. The van der Waals surface area contributed by atoms with Crippen LogP contribution in [0.1, 0.15) is 16.8 Å². The number of rotatable bonds is 5. The Kier molecular flexibility index (Phi) is 4.62. The van der Waals surface area contributed by atoms with Crippen LogP contribution in [0.5, 0.6) is 0 Å². The molecule has 0 saturated carbocycles. The molecule has 0 aliphatic heterocycles. The number of hydrogen-bond acceptors (Lipinski definition) is 3. The maximum atomic E-state index is 13.5. The molecule has 1 amide bonds. The van der Waals surface area contributed by atoms with E-state index in [1.165, 1.54) is 6.07 Å². The summed E-state index contributed by atoms with van der Waals surface area (Å²) in [6, 6.07) is 4.43. The topological polar surface area (TPSA) is 59.8 Å². The molecule has 0 radical (unpaired) electrons. The molecule has 5 nitrogen and oxygen atoms in total. The number of halogens is 2. The number of amides is 1. The van der Waals surface area contributed by atoms with Gasteiger partial charge in [-0.1, -0.05) is 11.3 Å². The van der Waals surface area contributed by atoms with E-state index in [2.05, 4.69) is 31.6 Å². The van der Waals surface area contributed by atoms with Crippen molar-refractivity contribution in [3.8, 4) is 0 Å². The zero-order valence-corrected chi connectivity index (χ0v) is 11.6. The van der Waals surface area contributed by atoms with E-state index in [0.29, 0.717) is 24.0 Å². The van der Waals surface area contributed by atoms with Gasteiger partial charge in [0, 0.05) is 23.8 Å². The number of benzene rings is 1. The SMILES string of the molecule is O=C(NCCCn1ccnn1)c1c(F)cccc1Br. The van der Waals surface area contributed by atoms with Crippen LogP contribution < -0.4 is 5.32 Å². The molecule has 0 fully saturated rings. The van der Waals surface area contributed by atoms with Gasteiger partial charge in [-0.25, -0.2) is 4.39 Å². The van der Waals surface area contributed by atoms with E-state index in [0.717, 1.165) is 0 Å². The van der Waals surface area contributed by atoms with Gasteiger partial charge in [0.15, 0.2) is 0 Å². The van der Waals surface area contributed by atoms with Crippen LogP contribution in [0.25, 0.3) is 0 Å². The molecule has 0 unspecified atom stereocenters. The van der Waals surface area contributed by atoms with Crippen LogP contribution in [0, 0.1) is 5.82 Å². The first-order chi connectivity index (χ1) is 9.18. The summed E-state index contributed by atoms with van der Waals surface area (Å²) in [5.41, 5.74) is 0.0308. The van der Waals surface area contributed by atoms with E-state index in [1.807, 2.05) is 0 Å². The van der Waals surface area contributed by atoms with Crippen LogP contribution in [0.4, 0.5) is 4.39 Å². The maximum absolute atomic E-state index is 13.5. The lowest BCUT2D eigenvalue weighted by atomic mass is 10.2. The zero-order chi connectivity index (χ0) is 13.7. The summed E-state index contributed by atoms with van der Waals surface area (Å²) in [6.45, 7) is 1.10. The fraction of sp³-hybridized carbons (Fsp3) is 0.250. The fourth-order valence-electron chi connectivity index (χ4n) is 1.60. The van der Waals surface area contributed by atoms with Gasteiger partial charge >= 0.3 is 0 Å². The normalized spacial score (nSPS) is 10.4. The molecule has 1 aromatic heterocycles. The minimum absolute atomic E-state index is 0.0308. The van der Waals surface area contributed by atoms with Gasteiger partial charge in [0.1, 0.15) is 5.82 Å². The first-order valence-corrected chi connectivity index (χ1v) is 6.54. The van der Waals surface area contributed by atoms with Crippen molar-refractivity contribution < 1.29 is 9.18 Å². The van der Waals surface area contributed by atoms with Gasteiger partial charge in [-0.3, -0.25) is 9.48 Å². The monoisotopic (exact) mass is 326 g/mol. The summed E-state index contributed by atoms with van der Waals surface area (Å²) in [6.07, 6.45) is 4.03. The largest absolute Gasteiger partial charge is 0.352 e. The highest BCUT2D eigenvalue weighted by atomic mass is 79.9. The Morgan fingerprint density at radius 1 is 1.47 bits per heavy atom. The molecule has 1 N–H and O–H groups in total. The summed E-state index contributed by atoms with van der Waals surface area (Å²) in [7, 11) is 0. The third kappa shape index (κ3) is 3.60. The summed E-state index contributed by atoms with van der Waals surface area (Å²) >= 11 is 3.16. The summed E-state index contributed by atoms with van der Waals surface area (Å²) < 4.78 is 15.6. The number of carbonyl (C=O) groups excluding carboxylic acids is 1. The molecular weight excluding hydrogens is 315 g/mol. The Morgan fingerprint density at radius 3 is 3.00 bits per heavy atom. The third-order valence-electron chi connectivity index (χ3n) is 2.51. The molecule has 100 valence electrons. The van der Waals surface area contributed by atoms with Crippen molar-refractivity contribution in [1.29, 1.82) is 0 Å². The summed E-state index contributed by atoms with van der Waals surface area (Å²) in [4.78, 5) is 11.8. The quantitative estimate of drug-likeness (QED) is 0.855. The van der Waals surface area contributed by atoms with E-state index in [-0.39, 0.29) is 5.56 Å². The molecule has 0 aliphatic rings. The second-order valence-corrected chi connectivity index (χ2v) is 4.73. The predicted molar refractivity (Wildman–Crippen MR) is 71.1 cm³/mol. The Hall–Kier alpha value is -1.76. The molecular formula is C12H12BrFN4O. The minimum Gasteiger partial charge on any atom is -0.352 e. The Bertz CT molecular complexity index is 539. The molecule has 2 aromatic rings. The molecule has 1 aromatic carbocycles. The van der Waals surface area contributed by atoms with Crippen molar-refractivity contribution >= 4 is 21.8 Å². The van der Waals surface area contributed by atoms with Crippen LogP contribution in [0.3, 0.4) is 0 Å². The lowest BCUT2D eigenvalue weighted by Gasteiger charge is -2.07. The second kappa shape index (κ2) is 6.42. The molecule has 2 rings (SSSR count). The zero-order valence-electron chi connectivity index (χ0n) is 10.0. The number of nitrogens with zero attached hydrogens (tertiary/aromatic N) is 3. The molecule has 0 atom stereocenters. The average molecular weight is 327 g/mol. The smallest absolute Gasteiger partial charge is 0.255 e. The lowest BCUT2D eigenvalue weighted by Crippen LogP contribution is -2.26. The van der Waals surface area contributed by atoms with Crippen molar-refractivity contribution in [2.24, 2.45) is 0 Å². The predicted octanol–water partition coefficient (Wildman–Crippen LogP) is 2.00. The van der Waals surface area contributed by atoms with E-state index in [1.54, 1.807) is 29.2 Å². The summed E-state index contributed by atoms with van der Waals surface area (Å²) in [5.74, 6) is -0.966. The van der Waals surface area contributed by atoms with Gasteiger partial charge in [0.05, 0.1) is 11.8 Å². The van der Waals surface area contributed by atoms with Crippen LogP contribution in [-0.2, 0) is 6.54 Å². The Balaban J connectivity index is 1.84. The van der Waals surface area contributed by atoms with Crippen molar-refractivity contribution in [3.63, 3.8) is 0 Å². The van der Waals surface area contributed by atoms with Crippen molar-refractivity contribution in [3.05, 3.63) is 46.4 Å². The van der Waals surface area contributed by atoms with E-state index in [4.69, 9.17) is 0 Å². The Morgan fingerprint density at radius 2 is 2.32 bits per heavy atom. The minimum atomic E-state index is -0.539. The number of nitrogens with one attached hydrogen (secondary N) is 1. The van der Waals surface area contributed by atoms with E-state index >= 15 is 0 Å². The third-order valence-corrected chi connectivity index (χ3v) is 3.17. The average Bonchev–Trinajstić information content (AvgIpc) is 2.87. The van der Waals surface area contributed by atoms with Gasteiger partial charge in [-0.2, -0.15) is 0 Å². The molecule has 0 aliphatic carbocycles. The molecule has 0 bridgehead atoms. The van der Waals surface area contributed by atoms with Gasteiger partial charge in [0.2, 0.25) is 0 Å². The van der Waals surface area contributed by atoms with Crippen LogP contribution in [-0.4, -0.2) is 27.4 Å². The van der Waals surface area contributed by atoms with Crippen LogP contribution in [0.15, 0.2) is 35.1 Å². The number of hydrogen-bond donors (Lipinski definition) is 1. The molecule has 0 spiro atoms. The van der Waals surface area contributed by atoms with Gasteiger partial charge in [-0.15, -0.1) is 5.10 Å². The number of aryl methyl sites for hydroxylation is 1. The second-order valence-electron chi connectivity index (χ2n) is 3.87. The highest BCUT2D eigenvalue weighted by Crippen LogP contribution is 2.19. The van der Waals surface area contributed by atoms with Crippen molar-refractivity contribution in [2.45, 2.75) is 13.0 Å². The highest BCUT2D eigenvalue weighted by molar-refractivity contribution is 9.10. The standard InChI is InChI=1S/C12H12BrFN4O/c13-9-3-1-4-10(14)11(9)12(19)15-5-2-7-18-8-6-16-17-18/h1,3-4,6,8H,2,5,7H2,(H,15,19). The van der Waals surface area contributed by atoms with E-state index in [9.17, 15) is 9.18 Å². The first-order valence-electron chi connectivity index (χ1n) is 5.75. The number of carbonyl (C=O) groups is 1. The van der Waals surface area contributed by atoms with Crippen molar-refractivity contribution in [1.82, 2.24) is 20.3 Å². The summed E-state index contributed by atoms with van der Waals surface area (Å²) in [5, 5.41) is 10.2.